The van der Waals surface area contributed by atoms with Gasteiger partial charge in [-0.1, -0.05) is 45.2 Å². The predicted molar refractivity (Wildman–Crippen MR) is 150 cm³/mol. The highest BCUT2D eigenvalue weighted by Gasteiger charge is 2.43. The summed E-state index contributed by atoms with van der Waals surface area (Å²) in [5, 5.41) is 2.12. The van der Waals surface area contributed by atoms with Crippen molar-refractivity contribution in [3.63, 3.8) is 0 Å². The summed E-state index contributed by atoms with van der Waals surface area (Å²) in [6, 6.07) is 8.48. The molecule has 0 saturated heterocycles. The van der Waals surface area contributed by atoms with Gasteiger partial charge in [-0.25, -0.2) is 0 Å². The summed E-state index contributed by atoms with van der Waals surface area (Å²) in [7, 11) is 0. The molecule has 3 aliphatic heterocycles. The number of alkyl halides is 4. The van der Waals surface area contributed by atoms with Crippen LogP contribution >= 0.6 is 90.4 Å². The number of hydrogen-bond acceptors (Lipinski definition) is 2. The highest BCUT2D eigenvalue weighted by atomic mass is 127. The van der Waals surface area contributed by atoms with Gasteiger partial charge >= 0.3 is 0 Å². The second kappa shape index (κ2) is 7.32. The maximum absolute atomic E-state index is 5.14. The lowest BCUT2D eigenvalue weighted by molar-refractivity contribution is 0.777. The monoisotopic (exact) mass is 818 g/mol. The first-order chi connectivity index (χ1) is 13.3. The van der Waals surface area contributed by atoms with Crippen LogP contribution in [-0.2, 0) is 0 Å². The molecule has 8 bridgehead atoms. The number of rotatable bonds is 0. The number of halogens is 4. The van der Waals surface area contributed by atoms with Crippen molar-refractivity contribution in [1.82, 2.24) is 9.97 Å². The van der Waals surface area contributed by atoms with E-state index in [2.05, 4.69) is 161 Å². The zero-order valence-corrected chi connectivity index (χ0v) is 23.0. The van der Waals surface area contributed by atoms with E-state index < -0.39 is 0 Å². The van der Waals surface area contributed by atoms with Crippen LogP contribution in [-0.4, -0.2) is 32.4 Å². The number of nitrogens with zero attached hydrogens (tertiary/aromatic N) is 2. The fraction of sp³-hybridized carbons (Fsp3) is 0.200. The van der Waals surface area contributed by atoms with Crippen molar-refractivity contribution in [3.05, 3.63) is 70.7 Å². The Balaban J connectivity index is 1.71. The van der Waals surface area contributed by atoms with E-state index in [1.165, 1.54) is 5.69 Å². The van der Waals surface area contributed by atoms with Gasteiger partial charge in [0.25, 0.3) is 0 Å². The van der Waals surface area contributed by atoms with Crippen LogP contribution in [0.5, 0.6) is 0 Å². The second-order valence-corrected chi connectivity index (χ2v) is 12.9. The summed E-state index contributed by atoms with van der Waals surface area (Å²) in [5.41, 5.74) is 4.33. The molecule has 0 saturated carbocycles. The molecule has 0 radical (unpaired) electrons. The molecule has 0 aromatic carbocycles. The molecule has 0 fully saturated rings. The predicted octanol–water partition coefficient (Wildman–Crippen LogP) is 4.53. The van der Waals surface area contributed by atoms with Crippen LogP contribution < -0.4 is 10.7 Å². The standard InChI is InChI=1S/C20H14I4N4/c21-17-15-4-3-13(26-15)9-11-1-2-12(25-11)10-14-5-7-19(23,27-14)18(22)16-6-8-20(17,24)28-16/h1-10,17-18,25-26H. The quantitative estimate of drug-likeness (QED) is 0.224. The molecule has 5 heterocycles. The van der Waals surface area contributed by atoms with E-state index in [9.17, 15) is 0 Å². The van der Waals surface area contributed by atoms with Crippen molar-refractivity contribution in [2.75, 3.05) is 0 Å². The Morgan fingerprint density at radius 1 is 0.786 bits per heavy atom. The minimum absolute atomic E-state index is 0.156. The molecule has 0 amide bonds. The van der Waals surface area contributed by atoms with Gasteiger partial charge in [0.05, 0.1) is 19.3 Å². The maximum Gasteiger partial charge on any atom is 0.148 e. The van der Waals surface area contributed by atoms with E-state index in [4.69, 9.17) is 9.98 Å². The molecule has 8 heteroatoms. The third-order valence-electron chi connectivity index (χ3n) is 4.90. The molecule has 142 valence electrons. The average molecular weight is 818 g/mol. The Morgan fingerprint density at radius 3 is 2.32 bits per heavy atom. The van der Waals surface area contributed by atoms with E-state index >= 15 is 0 Å². The van der Waals surface area contributed by atoms with Crippen LogP contribution in [0.3, 0.4) is 0 Å². The molecule has 28 heavy (non-hydrogen) atoms. The fourth-order valence-electron chi connectivity index (χ4n) is 3.47. The van der Waals surface area contributed by atoms with Gasteiger partial charge in [0.15, 0.2) is 0 Å². The molecule has 5 rings (SSSR count). The van der Waals surface area contributed by atoms with Crippen molar-refractivity contribution in [1.29, 1.82) is 0 Å². The third-order valence-corrected chi connectivity index (χ3v) is 12.9. The smallest absolute Gasteiger partial charge is 0.148 e. The van der Waals surface area contributed by atoms with Gasteiger partial charge < -0.3 is 9.97 Å². The topological polar surface area (TPSA) is 56.3 Å². The molecular formula is C20H14I4N4. The minimum Gasteiger partial charge on any atom is -0.358 e. The minimum atomic E-state index is -0.325. The van der Waals surface area contributed by atoms with E-state index in [0.717, 1.165) is 27.8 Å². The highest BCUT2D eigenvalue weighted by Crippen LogP contribution is 2.47. The number of H-pyrrole nitrogens is 2. The largest absolute Gasteiger partial charge is 0.358 e. The van der Waals surface area contributed by atoms with Gasteiger partial charge in [0.2, 0.25) is 0 Å². The van der Waals surface area contributed by atoms with Crippen molar-refractivity contribution in [3.8, 4) is 0 Å². The lowest BCUT2D eigenvalue weighted by atomic mass is 10.1. The first-order valence-corrected chi connectivity index (χ1v) is 13.3. The van der Waals surface area contributed by atoms with Gasteiger partial charge in [0, 0.05) is 22.1 Å². The lowest BCUT2D eigenvalue weighted by Gasteiger charge is -2.25. The van der Waals surface area contributed by atoms with Crippen molar-refractivity contribution < 1.29 is 0 Å². The zero-order chi connectivity index (χ0) is 19.5. The molecule has 3 aliphatic rings. The third kappa shape index (κ3) is 3.53. The Kier molecular flexibility index (Phi) is 5.22. The molecule has 0 spiro atoms. The molecule has 4 unspecified atom stereocenters. The normalized spacial score (nSPS) is 33.3. The van der Waals surface area contributed by atoms with E-state index in [0.29, 0.717) is 0 Å². The van der Waals surface area contributed by atoms with Crippen LogP contribution in [0.25, 0.3) is 12.2 Å². The maximum atomic E-state index is 5.14. The van der Waals surface area contributed by atoms with Crippen LogP contribution in [0.1, 0.15) is 15.3 Å². The Bertz CT molecular complexity index is 1200. The molecule has 0 aliphatic carbocycles. The molecule has 4 atom stereocenters. The Hall–Kier alpha value is 0.0400. The number of aliphatic imine (C=N–C) groups is 2. The van der Waals surface area contributed by atoms with Gasteiger partial charge in [-0.2, -0.15) is 0 Å². The summed E-state index contributed by atoms with van der Waals surface area (Å²) < 4.78 is -0.268. The first-order valence-electron chi connectivity index (χ1n) is 8.66. The fourth-order valence-corrected chi connectivity index (χ4v) is 6.44. The van der Waals surface area contributed by atoms with Crippen molar-refractivity contribution >= 4 is 114 Å². The van der Waals surface area contributed by atoms with Crippen LogP contribution in [0.2, 0.25) is 0 Å². The number of fused-ring (bicyclic) bond motifs is 6. The summed E-state index contributed by atoms with van der Waals surface area (Å²) >= 11 is 9.90. The van der Waals surface area contributed by atoms with Gasteiger partial charge in [-0.3, -0.25) is 9.98 Å². The van der Waals surface area contributed by atoms with Crippen LogP contribution in [0, 0.1) is 0 Å². The molecule has 2 aromatic heterocycles. The first kappa shape index (κ1) is 20.0. The van der Waals surface area contributed by atoms with E-state index in [-0.39, 0.29) is 14.9 Å². The second-order valence-electron chi connectivity index (χ2n) is 6.95. The van der Waals surface area contributed by atoms with Gasteiger partial charge in [-0.05, 0) is 106 Å². The number of aromatic nitrogens is 2. The Labute approximate surface area is 216 Å². The zero-order valence-electron chi connectivity index (χ0n) is 14.3. The summed E-state index contributed by atoms with van der Waals surface area (Å²) in [4.78, 5) is 17.2. The molecule has 4 nitrogen and oxygen atoms in total. The van der Waals surface area contributed by atoms with Crippen LogP contribution in [0.15, 0.2) is 58.6 Å². The average Bonchev–Trinajstić information content (AvgIpc) is 3.43. The highest BCUT2D eigenvalue weighted by molar-refractivity contribution is 14.1. The molecule has 2 N–H and O–H groups in total. The summed E-state index contributed by atoms with van der Waals surface area (Å²) in [5.74, 6) is 0. The lowest BCUT2D eigenvalue weighted by Crippen LogP contribution is -2.32. The van der Waals surface area contributed by atoms with Crippen molar-refractivity contribution in [2.45, 2.75) is 14.9 Å². The van der Waals surface area contributed by atoms with Crippen molar-refractivity contribution in [2.24, 2.45) is 9.98 Å². The SMILES string of the molecule is IC1C2=NC(I)(C=C2)C(I)c2ccc([nH]2)C=c2ccc([nH]2)=CC2=NC1(I)C=C2. The van der Waals surface area contributed by atoms with Gasteiger partial charge in [-0.15, -0.1) is 0 Å². The summed E-state index contributed by atoms with van der Waals surface area (Å²) in [6.07, 6.45) is 12.9. The van der Waals surface area contributed by atoms with Gasteiger partial charge in [0.1, 0.15) is 7.09 Å². The van der Waals surface area contributed by atoms with Crippen LogP contribution in [0.4, 0.5) is 0 Å². The number of nitrogens with one attached hydrogen (secondary N) is 2. The summed E-state index contributed by atoms with van der Waals surface area (Å²) in [6.45, 7) is 0. The van der Waals surface area contributed by atoms with E-state index in [1.54, 1.807) is 0 Å². The number of hydrogen-bond donors (Lipinski definition) is 2. The number of allylic oxidation sites excluding steroid dienone is 2. The number of aromatic amines is 2. The molecular weight excluding hydrogens is 804 g/mol. The van der Waals surface area contributed by atoms with E-state index in [1.807, 2.05) is 0 Å². The molecule has 2 aromatic rings. The Morgan fingerprint density at radius 2 is 1.50 bits per heavy atom.